The molecule has 3 aromatic rings. The van der Waals surface area contributed by atoms with Crippen molar-refractivity contribution in [3.63, 3.8) is 0 Å². The minimum atomic E-state index is -0.135. The average molecular weight is 267 g/mol. The first-order valence-corrected chi connectivity index (χ1v) is 6.58. The maximum absolute atomic E-state index is 6.12. The highest BCUT2D eigenvalue weighted by Gasteiger charge is 2.16. The molecule has 0 aliphatic rings. The lowest BCUT2D eigenvalue weighted by atomic mass is 10.1. The molecule has 1 aromatic heterocycles. The largest absolute Gasteiger partial charge is 0.496 e. The number of para-hydroxylation sites is 1. The lowest BCUT2D eigenvalue weighted by Crippen LogP contribution is -2.12. The minimum absolute atomic E-state index is 0.135. The number of aromatic nitrogens is 2. The Morgan fingerprint density at radius 1 is 1.15 bits per heavy atom. The van der Waals surface area contributed by atoms with Crippen LogP contribution in [0.25, 0.3) is 16.6 Å². The van der Waals surface area contributed by atoms with Crippen LogP contribution in [-0.2, 0) is 0 Å². The Morgan fingerprint density at radius 2 is 1.95 bits per heavy atom. The molecule has 0 saturated heterocycles. The van der Waals surface area contributed by atoms with E-state index in [2.05, 4.69) is 5.10 Å². The van der Waals surface area contributed by atoms with Gasteiger partial charge >= 0.3 is 0 Å². The number of rotatable bonds is 3. The highest BCUT2D eigenvalue weighted by Crippen LogP contribution is 2.31. The molecule has 3 rings (SSSR count). The summed E-state index contributed by atoms with van der Waals surface area (Å²) in [5, 5.41) is 5.59. The fourth-order valence-corrected chi connectivity index (χ4v) is 2.52. The first-order valence-electron chi connectivity index (χ1n) is 6.58. The summed E-state index contributed by atoms with van der Waals surface area (Å²) < 4.78 is 7.35. The molecule has 0 aliphatic heterocycles. The number of hydrogen-bond donors (Lipinski definition) is 1. The topological polar surface area (TPSA) is 53.1 Å². The number of fused-ring (bicyclic) bond motifs is 1. The van der Waals surface area contributed by atoms with Crippen LogP contribution in [-0.4, -0.2) is 16.9 Å². The summed E-state index contributed by atoms with van der Waals surface area (Å²) in [6.07, 6.45) is 1.86. The highest BCUT2D eigenvalue weighted by atomic mass is 16.5. The molecule has 102 valence electrons. The SMILES string of the molecule is COc1cccc(-n2ncc3ccccc32)c1[C@@H](C)N. The van der Waals surface area contributed by atoms with Crippen LogP contribution in [0.15, 0.2) is 48.7 Å². The van der Waals surface area contributed by atoms with E-state index in [-0.39, 0.29) is 6.04 Å². The number of ether oxygens (including phenoxy) is 1. The van der Waals surface area contributed by atoms with Crippen LogP contribution in [0.4, 0.5) is 0 Å². The van der Waals surface area contributed by atoms with Gasteiger partial charge < -0.3 is 10.5 Å². The monoisotopic (exact) mass is 267 g/mol. The van der Waals surface area contributed by atoms with E-state index in [9.17, 15) is 0 Å². The van der Waals surface area contributed by atoms with E-state index in [0.717, 1.165) is 27.9 Å². The van der Waals surface area contributed by atoms with Crippen LogP contribution in [0.5, 0.6) is 5.75 Å². The molecule has 1 atom stereocenters. The van der Waals surface area contributed by atoms with Crippen molar-refractivity contribution in [1.82, 2.24) is 9.78 Å². The van der Waals surface area contributed by atoms with E-state index >= 15 is 0 Å². The van der Waals surface area contributed by atoms with Gasteiger partial charge in [0.1, 0.15) is 5.75 Å². The quantitative estimate of drug-likeness (QED) is 0.793. The van der Waals surface area contributed by atoms with E-state index in [4.69, 9.17) is 10.5 Å². The molecule has 0 saturated carbocycles. The minimum Gasteiger partial charge on any atom is -0.496 e. The lowest BCUT2D eigenvalue weighted by Gasteiger charge is -2.17. The Bertz CT molecular complexity index is 746. The molecule has 0 amide bonds. The molecule has 2 aromatic carbocycles. The number of methoxy groups -OCH3 is 1. The smallest absolute Gasteiger partial charge is 0.125 e. The Balaban J connectivity index is 2.29. The zero-order valence-corrected chi connectivity index (χ0v) is 11.6. The number of nitrogens with two attached hydrogens (primary N) is 1. The van der Waals surface area contributed by atoms with Gasteiger partial charge in [-0.05, 0) is 25.1 Å². The molecule has 1 heterocycles. The van der Waals surface area contributed by atoms with Gasteiger partial charge in [0.2, 0.25) is 0 Å². The Kier molecular flexibility index (Phi) is 3.16. The van der Waals surface area contributed by atoms with Gasteiger partial charge in [0.05, 0.1) is 24.5 Å². The first-order chi connectivity index (χ1) is 9.72. The summed E-state index contributed by atoms with van der Waals surface area (Å²) in [4.78, 5) is 0. The summed E-state index contributed by atoms with van der Waals surface area (Å²) in [5.41, 5.74) is 9.10. The van der Waals surface area contributed by atoms with Crippen molar-refractivity contribution in [3.8, 4) is 11.4 Å². The zero-order valence-electron chi connectivity index (χ0n) is 11.6. The summed E-state index contributed by atoms with van der Waals surface area (Å²) in [6, 6.07) is 13.9. The van der Waals surface area contributed by atoms with Crippen molar-refractivity contribution in [2.45, 2.75) is 13.0 Å². The molecule has 4 heteroatoms. The lowest BCUT2D eigenvalue weighted by molar-refractivity contribution is 0.406. The van der Waals surface area contributed by atoms with Gasteiger partial charge in [-0.3, -0.25) is 0 Å². The number of benzene rings is 2. The van der Waals surface area contributed by atoms with E-state index in [1.807, 2.05) is 60.3 Å². The van der Waals surface area contributed by atoms with Gasteiger partial charge in [0.15, 0.2) is 0 Å². The van der Waals surface area contributed by atoms with Crippen LogP contribution in [0.1, 0.15) is 18.5 Å². The second kappa shape index (κ2) is 4.98. The second-order valence-electron chi connectivity index (χ2n) is 4.80. The summed E-state index contributed by atoms with van der Waals surface area (Å²) in [5.74, 6) is 0.789. The molecule has 0 aliphatic carbocycles. The Morgan fingerprint density at radius 3 is 2.70 bits per heavy atom. The molecule has 0 bridgehead atoms. The predicted octanol–water partition coefficient (Wildman–Crippen LogP) is 3.05. The highest BCUT2D eigenvalue weighted by molar-refractivity contribution is 5.80. The van der Waals surface area contributed by atoms with Gasteiger partial charge in [-0.2, -0.15) is 5.10 Å². The molecule has 0 spiro atoms. The van der Waals surface area contributed by atoms with Crippen molar-refractivity contribution < 1.29 is 4.74 Å². The van der Waals surface area contributed by atoms with Crippen LogP contribution < -0.4 is 10.5 Å². The van der Waals surface area contributed by atoms with Crippen molar-refractivity contribution in [1.29, 1.82) is 0 Å². The molecule has 20 heavy (non-hydrogen) atoms. The maximum atomic E-state index is 6.12. The van der Waals surface area contributed by atoms with E-state index in [1.54, 1.807) is 7.11 Å². The van der Waals surface area contributed by atoms with Crippen LogP contribution in [0.3, 0.4) is 0 Å². The third-order valence-electron chi connectivity index (χ3n) is 3.42. The zero-order chi connectivity index (χ0) is 14.1. The standard InChI is InChI=1S/C16H17N3O/c1-11(17)16-14(8-5-9-15(16)20-2)19-13-7-4-3-6-12(13)10-18-19/h3-11H,17H2,1-2H3/t11-/m1/s1. The fraction of sp³-hybridized carbons (Fsp3) is 0.188. The van der Waals surface area contributed by atoms with Gasteiger partial charge in [-0.1, -0.05) is 24.3 Å². The van der Waals surface area contributed by atoms with Crippen LogP contribution >= 0.6 is 0 Å². The van der Waals surface area contributed by atoms with Gasteiger partial charge in [0, 0.05) is 17.0 Å². The third-order valence-corrected chi connectivity index (χ3v) is 3.42. The van der Waals surface area contributed by atoms with Crippen LogP contribution in [0.2, 0.25) is 0 Å². The number of nitrogens with zero attached hydrogens (tertiary/aromatic N) is 2. The van der Waals surface area contributed by atoms with Crippen molar-refractivity contribution >= 4 is 10.9 Å². The van der Waals surface area contributed by atoms with Crippen molar-refractivity contribution in [3.05, 3.63) is 54.2 Å². The Labute approximate surface area is 117 Å². The number of hydrogen-bond acceptors (Lipinski definition) is 3. The van der Waals surface area contributed by atoms with Gasteiger partial charge in [-0.25, -0.2) is 4.68 Å². The molecule has 0 radical (unpaired) electrons. The van der Waals surface area contributed by atoms with Crippen molar-refractivity contribution in [2.24, 2.45) is 5.73 Å². The fourth-order valence-electron chi connectivity index (χ4n) is 2.52. The molecule has 0 fully saturated rings. The van der Waals surface area contributed by atoms with Gasteiger partial charge in [-0.15, -0.1) is 0 Å². The molecular formula is C16H17N3O. The summed E-state index contributed by atoms with van der Waals surface area (Å²) in [7, 11) is 1.66. The summed E-state index contributed by atoms with van der Waals surface area (Å²) >= 11 is 0. The van der Waals surface area contributed by atoms with Crippen molar-refractivity contribution in [2.75, 3.05) is 7.11 Å². The average Bonchev–Trinajstić information content (AvgIpc) is 2.90. The second-order valence-corrected chi connectivity index (χ2v) is 4.80. The van der Waals surface area contributed by atoms with E-state index in [0.29, 0.717) is 0 Å². The predicted molar refractivity (Wildman–Crippen MR) is 80.2 cm³/mol. The van der Waals surface area contributed by atoms with Gasteiger partial charge in [0.25, 0.3) is 0 Å². The molecule has 2 N–H and O–H groups in total. The first kappa shape index (κ1) is 12.7. The maximum Gasteiger partial charge on any atom is 0.125 e. The molecule has 0 unspecified atom stereocenters. The normalized spacial score (nSPS) is 12.6. The van der Waals surface area contributed by atoms with Crippen LogP contribution in [0, 0.1) is 0 Å². The van der Waals surface area contributed by atoms with E-state index < -0.39 is 0 Å². The summed E-state index contributed by atoms with van der Waals surface area (Å²) in [6.45, 7) is 1.95. The third kappa shape index (κ3) is 1.94. The van der Waals surface area contributed by atoms with E-state index in [1.165, 1.54) is 0 Å². The molecular weight excluding hydrogens is 250 g/mol. The Hall–Kier alpha value is -2.33. The molecule has 4 nitrogen and oxygen atoms in total.